The molecule has 4 nitrogen and oxygen atoms in total. The number of carbonyl (C=O) groups excluding carboxylic acids is 2. The van der Waals surface area contributed by atoms with Gasteiger partial charge in [0.25, 0.3) is 0 Å². The minimum Gasteiger partial charge on any atom is -0.352 e. The summed E-state index contributed by atoms with van der Waals surface area (Å²) < 4.78 is 0. The maximum absolute atomic E-state index is 13.1. The Balaban J connectivity index is 1.98. The molecule has 3 aromatic carbocycles. The minimum atomic E-state index is -0.275. The Kier molecular flexibility index (Phi) is 2.97. The van der Waals surface area contributed by atoms with Crippen LogP contribution in [-0.4, -0.2) is 16.6 Å². The monoisotopic (exact) mass is 359 g/mol. The summed E-state index contributed by atoms with van der Waals surface area (Å²) in [5.74, 6) is -0.500. The van der Waals surface area contributed by atoms with Crippen LogP contribution < -0.4 is 5.43 Å². The number of benzene rings is 3. The number of aromatic nitrogens is 1. The zero-order chi connectivity index (χ0) is 18.0. The van der Waals surface area contributed by atoms with Crippen LogP contribution in [0.4, 0.5) is 0 Å². The largest absolute Gasteiger partial charge is 0.352 e. The predicted octanol–water partition coefficient (Wildman–Crippen LogP) is 4.11. The topological polar surface area (TPSA) is 67.0 Å². The molecule has 1 N–H and O–H groups in total. The molecule has 1 aliphatic rings. The van der Waals surface area contributed by atoms with Crippen molar-refractivity contribution in [3.63, 3.8) is 0 Å². The molecular formula is C21H10ClNO3. The summed E-state index contributed by atoms with van der Waals surface area (Å²) in [6, 6.07) is 14.9. The molecule has 0 fully saturated rings. The van der Waals surface area contributed by atoms with Gasteiger partial charge in [-0.25, -0.2) is 0 Å². The molecule has 0 atom stereocenters. The fourth-order valence-electron chi connectivity index (χ4n) is 3.62. The minimum absolute atomic E-state index is 0.224. The van der Waals surface area contributed by atoms with Gasteiger partial charge in [-0.15, -0.1) is 0 Å². The number of halogens is 1. The number of aromatic amines is 1. The second-order valence-electron chi connectivity index (χ2n) is 6.23. The molecule has 0 amide bonds. The van der Waals surface area contributed by atoms with Gasteiger partial charge >= 0.3 is 0 Å². The van der Waals surface area contributed by atoms with E-state index in [4.69, 9.17) is 11.6 Å². The van der Waals surface area contributed by atoms with Crippen molar-refractivity contribution in [3.05, 3.63) is 92.1 Å². The van der Waals surface area contributed by atoms with Gasteiger partial charge in [0, 0.05) is 27.5 Å². The highest BCUT2D eigenvalue weighted by Crippen LogP contribution is 2.32. The van der Waals surface area contributed by atoms with Crippen LogP contribution >= 0.6 is 11.6 Å². The number of hydrogen-bond acceptors (Lipinski definition) is 3. The number of nitrogens with one attached hydrogen (secondary N) is 1. The molecular weight excluding hydrogens is 350 g/mol. The molecule has 1 aromatic heterocycles. The van der Waals surface area contributed by atoms with Crippen LogP contribution in [0.25, 0.3) is 21.8 Å². The van der Waals surface area contributed by atoms with Gasteiger partial charge in [-0.1, -0.05) is 41.9 Å². The molecule has 124 valence electrons. The smallest absolute Gasteiger partial charge is 0.197 e. The van der Waals surface area contributed by atoms with E-state index in [-0.39, 0.29) is 22.6 Å². The second-order valence-corrected chi connectivity index (χ2v) is 6.64. The van der Waals surface area contributed by atoms with E-state index >= 15 is 0 Å². The third kappa shape index (κ3) is 1.82. The van der Waals surface area contributed by atoms with E-state index in [1.807, 2.05) is 0 Å². The SMILES string of the molecule is O=C1c2ccccc2C(=O)c2c1ccc1c(=O)c3cccc(Cl)c3[nH]c21. The van der Waals surface area contributed by atoms with Crippen LogP contribution in [0.5, 0.6) is 0 Å². The van der Waals surface area contributed by atoms with Crippen LogP contribution in [0, 0.1) is 0 Å². The molecule has 0 saturated heterocycles. The molecule has 1 aliphatic carbocycles. The third-order valence-electron chi connectivity index (χ3n) is 4.85. The molecule has 0 spiro atoms. The first-order valence-corrected chi connectivity index (χ1v) is 8.41. The van der Waals surface area contributed by atoms with Gasteiger partial charge in [-0.2, -0.15) is 0 Å². The molecule has 0 unspecified atom stereocenters. The summed E-state index contributed by atoms with van der Waals surface area (Å²) in [4.78, 5) is 41.9. The van der Waals surface area contributed by atoms with E-state index in [1.165, 1.54) is 0 Å². The van der Waals surface area contributed by atoms with E-state index in [0.29, 0.717) is 43.5 Å². The molecule has 0 saturated carbocycles. The molecule has 4 aromatic rings. The fraction of sp³-hybridized carbons (Fsp3) is 0. The first-order chi connectivity index (χ1) is 12.6. The van der Waals surface area contributed by atoms with E-state index in [0.717, 1.165) is 0 Å². The van der Waals surface area contributed by atoms with Crippen molar-refractivity contribution in [2.45, 2.75) is 0 Å². The fourth-order valence-corrected chi connectivity index (χ4v) is 3.84. The standard InChI is InChI=1S/C21H10ClNO3/c22-15-7-3-6-13-17(15)23-18-14(20(13)25)9-8-12-16(18)21(26)11-5-2-1-4-10(11)19(12)24/h1-9H,(H,23,25). The highest BCUT2D eigenvalue weighted by atomic mass is 35.5. The average molecular weight is 360 g/mol. The summed E-state index contributed by atoms with van der Waals surface area (Å²) >= 11 is 6.24. The lowest BCUT2D eigenvalue weighted by Gasteiger charge is -2.19. The van der Waals surface area contributed by atoms with Gasteiger partial charge in [0.2, 0.25) is 0 Å². The highest BCUT2D eigenvalue weighted by Gasteiger charge is 2.31. The molecule has 0 radical (unpaired) electrons. The highest BCUT2D eigenvalue weighted by molar-refractivity contribution is 6.36. The summed E-state index contributed by atoms with van der Waals surface area (Å²) in [5.41, 5.74) is 1.83. The number of fused-ring (bicyclic) bond motifs is 5. The van der Waals surface area contributed by atoms with Gasteiger partial charge in [0.1, 0.15) is 0 Å². The zero-order valence-electron chi connectivity index (χ0n) is 13.3. The summed E-state index contributed by atoms with van der Waals surface area (Å²) in [6.07, 6.45) is 0. The van der Waals surface area contributed by atoms with Gasteiger partial charge in [-0.05, 0) is 24.3 Å². The Morgan fingerprint density at radius 3 is 2.12 bits per heavy atom. The normalized spacial score (nSPS) is 13.1. The Morgan fingerprint density at radius 2 is 1.35 bits per heavy atom. The lowest BCUT2D eigenvalue weighted by Crippen LogP contribution is -2.22. The quantitative estimate of drug-likeness (QED) is 0.423. The number of rotatable bonds is 0. The molecule has 0 aliphatic heterocycles. The first-order valence-electron chi connectivity index (χ1n) is 8.03. The number of para-hydroxylation sites is 1. The van der Waals surface area contributed by atoms with Gasteiger partial charge in [0.05, 0.1) is 21.6 Å². The van der Waals surface area contributed by atoms with Crippen LogP contribution in [0.1, 0.15) is 31.8 Å². The van der Waals surface area contributed by atoms with Gasteiger partial charge < -0.3 is 4.98 Å². The van der Waals surface area contributed by atoms with E-state index in [2.05, 4.69) is 4.98 Å². The number of H-pyrrole nitrogens is 1. The van der Waals surface area contributed by atoms with E-state index in [9.17, 15) is 14.4 Å². The Bertz CT molecular complexity index is 1350. The van der Waals surface area contributed by atoms with Crippen molar-refractivity contribution in [3.8, 4) is 0 Å². The number of ketones is 2. The predicted molar refractivity (Wildman–Crippen MR) is 100 cm³/mol. The molecule has 0 bridgehead atoms. The third-order valence-corrected chi connectivity index (χ3v) is 5.16. The van der Waals surface area contributed by atoms with Crippen LogP contribution in [-0.2, 0) is 0 Å². The maximum Gasteiger partial charge on any atom is 0.197 e. The van der Waals surface area contributed by atoms with E-state index in [1.54, 1.807) is 54.6 Å². The number of pyridine rings is 1. The van der Waals surface area contributed by atoms with Crippen LogP contribution in [0.2, 0.25) is 5.02 Å². The lowest BCUT2D eigenvalue weighted by atomic mass is 9.83. The first kappa shape index (κ1) is 15.0. The molecule has 1 heterocycles. The lowest BCUT2D eigenvalue weighted by molar-refractivity contribution is 0.0980. The maximum atomic E-state index is 13.1. The Labute approximate surface area is 152 Å². The van der Waals surface area contributed by atoms with Crippen LogP contribution in [0.15, 0.2) is 59.4 Å². The van der Waals surface area contributed by atoms with Crippen molar-refractivity contribution in [1.29, 1.82) is 0 Å². The molecule has 5 rings (SSSR count). The van der Waals surface area contributed by atoms with Gasteiger partial charge in [0.15, 0.2) is 17.0 Å². The number of carbonyl (C=O) groups is 2. The second kappa shape index (κ2) is 5.13. The van der Waals surface area contributed by atoms with Crippen molar-refractivity contribution >= 4 is 45.0 Å². The number of hydrogen-bond donors (Lipinski definition) is 1. The molecule has 26 heavy (non-hydrogen) atoms. The zero-order valence-corrected chi connectivity index (χ0v) is 14.1. The summed E-state index contributed by atoms with van der Waals surface area (Å²) in [7, 11) is 0. The van der Waals surface area contributed by atoms with Crippen molar-refractivity contribution < 1.29 is 9.59 Å². The Morgan fingerprint density at radius 1 is 0.654 bits per heavy atom. The van der Waals surface area contributed by atoms with E-state index < -0.39 is 0 Å². The summed E-state index contributed by atoms with van der Waals surface area (Å²) in [5, 5.41) is 1.19. The van der Waals surface area contributed by atoms with Crippen LogP contribution in [0.3, 0.4) is 0 Å². The Hall–Kier alpha value is -3.24. The average Bonchev–Trinajstić information content (AvgIpc) is 2.66. The van der Waals surface area contributed by atoms with Gasteiger partial charge in [-0.3, -0.25) is 14.4 Å². The molecule has 5 heteroatoms. The summed E-state index contributed by atoms with van der Waals surface area (Å²) in [6.45, 7) is 0. The van der Waals surface area contributed by atoms with Crippen molar-refractivity contribution in [1.82, 2.24) is 4.98 Å². The van der Waals surface area contributed by atoms with Crippen molar-refractivity contribution in [2.24, 2.45) is 0 Å². The van der Waals surface area contributed by atoms with Crippen molar-refractivity contribution in [2.75, 3.05) is 0 Å².